The van der Waals surface area contributed by atoms with Gasteiger partial charge in [-0.3, -0.25) is 14.5 Å². The number of rotatable bonds is 9. The largest absolute Gasteiger partial charge is 0.496 e. The number of anilines is 2. The Bertz CT molecular complexity index is 1750. The van der Waals surface area contributed by atoms with Crippen LogP contribution >= 0.6 is 23.1 Å². The molecule has 1 amide bonds. The van der Waals surface area contributed by atoms with Crippen molar-refractivity contribution in [1.82, 2.24) is 10.2 Å². The zero-order valence-electron chi connectivity index (χ0n) is 24.4. The second-order valence-electron chi connectivity index (χ2n) is 9.91. The van der Waals surface area contributed by atoms with Gasteiger partial charge in [-0.25, -0.2) is 4.39 Å². The highest BCUT2D eigenvalue weighted by Crippen LogP contribution is 2.50. The van der Waals surface area contributed by atoms with Crippen molar-refractivity contribution < 1.29 is 28.2 Å². The molecule has 0 radical (unpaired) electrons. The van der Waals surface area contributed by atoms with Gasteiger partial charge in [0.1, 0.15) is 17.4 Å². The topological polar surface area (TPSA) is 153 Å². The highest BCUT2D eigenvalue weighted by Gasteiger charge is 2.42. The van der Waals surface area contributed by atoms with E-state index in [2.05, 4.69) is 21.6 Å². The standard InChI is InChI=1S/C30H29FN6O5S2/c1-15-8-9-16(31)10-19(15)34-25(39)14-43-30-36-35-29(44-30)37-20-6-5-7-21(38)27(20)26(18(13-32)28(37)33)17-11-23(41-3)24(42-4)12-22(17)40-2/h8-12,26H,5-7,14,33H2,1-4H3,(H,34,39). The third-order valence-electron chi connectivity index (χ3n) is 7.35. The van der Waals surface area contributed by atoms with Crippen LogP contribution in [0.1, 0.15) is 36.3 Å². The molecule has 2 aliphatic rings. The number of ether oxygens (including phenoxy) is 3. The molecule has 1 atom stereocenters. The molecule has 0 fully saturated rings. The number of thioether (sulfide) groups is 1. The molecule has 0 saturated carbocycles. The van der Waals surface area contributed by atoms with E-state index in [1.165, 1.54) is 44.8 Å². The number of methoxy groups -OCH3 is 3. The Kier molecular flexibility index (Phi) is 9.07. The van der Waals surface area contributed by atoms with E-state index in [-0.39, 0.29) is 28.8 Å². The first-order valence-corrected chi connectivity index (χ1v) is 15.3. The average Bonchev–Trinajstić information content (AvgIpc) is 3.49. The van der Waals surface area contributed by atoms with Gasteiger partial charge in [0.15, 0.2) is 21.6 Å². The molecule has 1 aromatic heterocycles. The van der Waals surface area contributed by atoms with Crippen molar-refractivity contribution in [2.75, 3.05) is 37.3 Å². The summed E-state index contributed by atoms with van der Waals surface area (Å²) < 4.78 is 30.7. The van der Waals surface area contributed by atoms with E-state index in [0.29, 0.717) is 68.5 Å². The Morgan fingerprint density at radius 3 is 2.59 bits per heavy atom. The number of ketones is 1. The molecule has 3 N–H and O–H groups in total. The fourth-order valence-electron chi connectivity index (χ4n) is 5.29. The first-order valence-electron chi connectivity index (χ1n) is 13.5. The quantitative estimate of drug-likeness (QED) is 0.304. The van der Waals surface area contributed by atoms with Crippen molar-refractivity contribution in [2.45, 2.75) is 36.4 Å². The van der Waals surface area contributed by atoms with Gasteiger partial charge in [-0.15, -0.1) is 10.2 Å². The minimum atomic E-state index is -0.800. The molecule has 0 spiro atoms. The highest BCUT2D eigenvalue weighted by atomic mass is 32.2. The second-order valence-corrected chi connectivity index (χ2v) is 12.1. The van der Waals surface area contributed by atoms with Gasteiger partial charge in [-0.2, -0.15) is 5.26 Å². The Morgan fingerprint density at radius 1 is 1.16 bits per heavy atom. The van der Waals surface area contributed by atoms with Gasteiger partial charge in [0.25, 0.3) is 0 Å². The second kappa shape index (κ2) is 12.9. The molecule has 2 heterocycles. The van der Waals surface area contributed by atoms with Gasteiger partial charge in [0.05, 0.1) is 44.6 Å². The van der Waals surface area contributed by atoms with Gasteiger partial charge in [0.2, 0.25) is 11.0 Å². The van der Waals surface area contributed by atoms with Gasteiger partial charge < -0.3 is 25.3 Å². The number of carbonyl (C=O) groups is 2. The van der Waals surface area contributed by atoms with E-state index in [0.717, 1.165) is 17.3 Å². The molecule has 5 rings (SSSR count). The summed E-state index contributed by atoms with van der Waals surface area (Å²) in [6, 6.07) is 9.76. The van der Waals surface area contributed by atoms with Gasteiger partial charge in [-0.1, -0.05) is 29.2 Å². The lowest BCUT2D eigenvalue weighted by atomic mass is 9.75. The van der Waals surface area contributed by atoms with Crippen molar-refractivity contribution in [3.05, 3.63) is 69.9 Å². The van der Waals surface area contributed by atoms with E-state index >= 15 is 0 Å². The molecule has 44 heavy (non-hydrogen) atoms. The number of nitrogens with two attached hydrogens (primary N) is 1. The molecular formula is C30H29FN6O5S2. The smallest absolute Gasteiger partial charge is 0.234 e. The van der Waals surface area contributed by atoms with Crippen molar-refractivity contribution >= 4 is 45.6 Å². The van der Waals surface area contributed by atoms with Crippen molar-refractivity contribution in [1.29, 1.82) is 5.26 Å². The Balaban J connectivity index is 1.48. The Hall–Kier alpha value is -4.61. The Morgan fingerprint density at radius 2 is 1.89 bits per heavy atom. The Labute approximate surface area is 261 Å². The molecule has 14 heteroatoms. The van der Waals surface area contributed by atoms with Crippen LogP contribution in [0.15, 0.2) is 57.3 Å². The number of hydrogen-bond donors (Lipinski definition) is 2. The summed E-state index contributed by atoms with van der Waals surface area (Å²) in [6.07, 6.45) is 1.43. The molecule has 11 nitrogen and oxygen atoms in total. The van der Waals surface area contributed by atoms with Crippen LogP contribution in [0.3, 0.4) is 0 Å². The van der Waals surface area contributed by atoms with Gasteiger partial charge >= 0.3 is 0 Å². The third-order valence-corrected chi connectivity index (χ3v) is 9.39. The number of hydrogen-bond acceptors (Lipinski definition) is 12. The molecule has 1 unspecified atom stereocenters. The highest BCUT2D eigenvalue weighted by molar-refractivity contribution is 8.01. The van der Waals surface area contributed by atoms with Crippen LogP contribution < -0.4 is 30.2 Å². The number of halogens is 1. The summed E-state index contributed by atoms with van der Waals surface area (Å²) >= 11 is 2.33. The van der Waals surface area contributed by atoms with E-state index in [9.17, 15) is 19.2 Å². The van der Waals surface area contributed by atoms with Crippen LogP contribution in [-0.2, 0) is 9.59 Å². The van der Waals surface area contributed by atoms with Crippen LogP contribution in [0, 0.1) is 24.1 Å². The number of amides is 1. The number of benzene rings is 2. The zero-order valence-corrected chi connectivity index (χ0v) is 26.0. The van der Waals surface area contributed by atoms with Crippen molar-refractivity contribution in [2.24, 2.45) is 5.73 Å². The fourth-order valence-corrected chi connectivity index (χ4v) is 6.97. The van der Waals surface area contributed by atoms with Gasteiger partial charge in [0, 0.05) is 35.0 Å². The number of nitrogens with one attached hydrogen (secondary N) is 1. The number of carbonyl (C=O) groups excluding carboxylic acids is 2. The summed E-state index contributed by atoms with van der Waals surface area (Å²) in [7, 11) is 4.50. The number of aryl methyl sites for hydroxylation is 1. The molecule has 228 valence electrons. The van der Waals surface area contributed by atoms with Crippen LogP contribution in [-0.4, -0.2) is 49.0 Å². The zero-order chi connectivity index (χ0) is 31.5. The molecule has 2 aromatic carbocycles. The lowest BCUT2D eigenvalue weighted by Gasteiger charge is -2.38. The average molecular weight is 637 g/mol. The molecule has 1 aliphatic carbocycles. The minimum Gasteiger partial charge on any atom is -0.496 e. The number of nitrogens with zero attached hydrogens (tertiary/aromatic N) is 4. The van der Waals surface area contributed by atoms with Crippen LogP contribution in [0.5, 0.6) is 17.2 Å². The predicted octanol–water partition coefficient (Wildman–Crippen LogP) is 5.05. The summed E-state index contributed by atoms with van der Waals surface area (Å²) in [6.45, 7) is 1.77. The van der Waals surface area contributed by atoms with E-state index < -0.39 is 11.7 Å². The van der Waals surface area contributed by atoms with Crippen LogP contribution in [0.4, 0.5) is 15.2 Å². The monoisotopic (exact) mass is 636 g/mol. The van der Waals surface area contributed by atoms with E-state index in [4.69, 9.17) is 19.9 Å². The lowest BCUT2D eigenvalue weighted by molar-refractivity contribution is -0.116. The number of Topliss-reactive ketones (excluding diaryl/α,β-unsaturated/α-hetero) is 1. The maximum atomic E-state index is 13.6. The molecule has 1 aliphatic heterocycles. The number of allylic oxidation sites excluding steroid dienone is 3. The van der Waals surface area contributed by atoms with Crippen LogP contribution in [0.2, 0.25) is 0 Å². The first-order chi connectivity index (χ1) is 21.2. The lowest BCUT2D eigenvalue weighted by Crippen LogP contribution is -2.38. The summed E-state index contributed by atoms with van der Waals surface area (Å²) in [5, 5.41) is 22.0. The van der Waals surface area contributed by atoms with Gasteiger partial charge in [-0.05, 0) is 43.5 Å². The van der Waals surface area contributed by atoms with Crippen LogP contribution in [0.25, 0.3) is 0 Å². The first kappa shape index (κ1) is 30.8. The fraction of sp³-hybridized carbons (Fsp3) is 0.300. The minimum absolute atomic E-state index is 0.00690. The number of nitriles is 1. The van der Waals surface area contributed by atoms with E-state index in [1.807, 2.05) is 0 Å². The summed E-state index contributed by atoms with van der Waals surface area (Å²) in [5.74, 6) is -0.307. The van der Waals surface area contributed by atoms with E-state index in [1.54, 1.807) is 30.0 Å². The molecule has 0 saturated heterocycles. The summed E-state index contributed by atoms with van der Waals surface area (Å²) in [5.41, 5.74) is 9.57. The van der Waals surface area contributed by atoms with Crippen molar-refractivity contribution in [3.8, 4) is 23.3 Å². The number of aromatic nitrogens is 2. The molecular weight excluding hydrogens is 607 g/mol. The summed E-state index contributed by atoms with van der Waals surface area (Å²) in [4.78, 5) is 27.8. The maximum absolute atomic E-state index is 13.6. The molecule has 0 bridgehead atoms. The van der Waals surface area contributed by atoms with Crippen molar-refractivity contribution in [3.63, 3.8) is 0 Å². The third kappa shape index (κ3) is 5.80. The maximum Gasteiger partial charge on any atom is 0.234 e. The molecule has 3 aromatic rings. The predicted molar refractivity (Wildman–Crippen MR) is 164 cm³/mol. The normalized spacial score (nSPS) is 16.4. The SMILES string of the molecule is COc1cc(OC)c(C2C(C#N)=C(N)N(c3nnc(SCC(=O)Nc4cc(F)ccc4C)s3)C3=C2C(=O)CCC3)cc1OC.